The van der Waals surface area contributed by atoms with E-state index in [1.807, 2.05) is 0 Å². The molecule has 2 atom stereocenters. The van der Waals surface area contributed by atoms with Crippen molar-refractivity contribution in [2.75, 3.05) is 26.2 Å². The molecule has 1 amide bonds. The van der Waals surface area contributed by atoms with Gasteiger partial charge in [-0.25, -0.2) is 0 Å². The van der Waals surface area contributed by atoms with Gasteiger partial charge in [0.15, 0.2) is 0 Å². The third kappa shape index (κ3) is 7.45. The van der Waals surface area contributed by atoms with E-state index in [-0.39, 0.29) is 18.4 Å². The summed E-state index contributed by atoms with van der Waals surface area (Å²) < 4.78 is 5.47. The van der Waals surface area contributed by atoms with E-state index in [0.29, 0.717) is 31.9 Å². The van der Waals surface area contributed by atoms with E-state index in [2.05, 4.69) is 17.6 Å². The number of carbonyl (C=O) groups is 2. The maximum atomic E-state index is 11.7. The van der Waals surface area contributed by atoms with Crippen LogP contribution in [0.4, 0.5) is 0 Å². The highest BCUT2D eigenvalue weighted by Gasteiger charge is 2.17. The Kier molecular flexibility index (Phi) is 8.22. The molecule has 2 unspecified atom stereocenters. The van der Waals surface area contributed by atoms with Gasteiger partial charge < -0.3 is 20.5 Å². The number of carbonyl (C=O) groups excluding carboxylic acids is 1. The van der Waals surface area contributed by atoms with Crippen molar-refractivity contribution in [1.82, 2.24) is 10.6 Å². The molecule has 0 aromatic heterocycles. The largest absolute Gasteiger partial charge is 0.481 e. The summed E-state index contributed by atoms with van der Waals surface area (Å²) in [5.41, 5.74) is 0. The number of carboxylic acid groups (broad SMARTS) is 1. The number of nitrogens with one attached hydrogen (secondary N) is 2. The summed E-state index contributed by atoms with van der Waals surface area (Å²) >= 11 is 0. The van der Waals surface area contributed by atoms with Crippen molar-refractivity contribution in [2.45, 2.75) is 45.1 Å². The zero-order valence-electron chi connectivity index (χ0n) is 12.2. The minimum absolute atomic E-state index is 0.00628. The second kappa shape index (κ2) is 9.72. The molecular weight excluding hydrogens is 260 g/mol. The Balaban J connectivity index is 2.11. The second-order valence-electron chi connectivity index (χ2n) is 5.25. The molecule has 1 saturated heterocycles. The lowest BCUT2D eigenvalue weighted by atomic mass is 9.96. The van der Waals surface area contributed by atoms with Gasteiger partial charge in [-0.05, 0) is 18.8 Å². The first-order valence-corrected chi connectivity index (χ1v) is 7.42. The van der Waals surface area contributed by atoms with Crippen LogP contribution in [0.2, 0.25) is 0 Å². The number of rotatable bonds is 9. The lowest BCUT2D eigenvalue weighted by Crippen LogP contribution is -2.41. The van der Waals surface area contributed by atoms with E-state index >= 15 is 0 Å². The number of aliphatic carboxylic acids is 1. The highest BCUT2D eigenvalue weighted by molar-refractivity contribution is 5.76. The Hall–Kier alpha value is -1.14. The van der Waals surface area contributed by atoms with E-state index < -0.39 is 5.97 Å². The first-order valence-electron chi connectivity index (χ1n) is 7.42. The van der Waals surface area contributed by atoms with Crippen LogP contribution in [-0.2, 0) is 14.3 Å². The van der Waals surface area contributed by atoms with Crippen molar-refractivity contribution < 1.29 is 19.4 Å². The molecule has 1 aliphatic rings. The highest BCUT2D eigenvalue weighted by atomic mass is 16.5. The number of hydrogen-bond donors (Lipinski definition) is 3. The van der Waals surface area contributed by atoms with Crippen LogP contribution >= 0.6 is 0 Å². The van der Waals surface area contributed by atoms with Crippen molar-refractivity contribution in [3.8, 4) is 0 Å². The molecule has 0 spiro atoms. The first-order chi connectivity index (χ1) is 9.61. The van der Waals surface area contributed by atoms with Gasteiger partial charge in [-0.2, -0.15) is 0 Å². The summed E-state index contributed by atoms with van der Waals surface area (Å²) in [5, 5.41) is 14.7. The molecule has 6 heteroatoms. The van der Waals surface area contributed by atoms with Crippen molar-refractivity contribution >= 4 is 11.9 Å². The van der Waals surface area contributed by atoms with Gasteiger partial charge in [-0.15, -0.1) is 0 Å². The highest BCUT2D eigenvalue weighted by Crippen LogP contribution is 2.14. The molecule has 0 aromatic carbocycles. The number of ether oxygens (including phenoxy) is 1. The first kappa shape index (κ1) is 16.9. The van der Waals surface area contributed by atoms with Gasteiger partial charge in [0.1, 0.15) is 0 Å². The van der Waals surface area contributed by atoms with Crippen molar-refractivity contribution in [2.24, 2.45) is 5.92 Å². The quantitative estimate of drug-likeness (QED) is 0.582. The Morgan fingerprint density at radius 2 is 2.25 bits per heavy atom. The molecule has 116 valence electrons. The lowest BCUT2D eigenvalue weighted by molar-refractivity contribution is -0.137. The van der Waals surface area contributed by atoms with Crippen molar-refractivity contribution in [1.29, 1.82) is 0 Å². The monoisotopic (exact) mass is 286 g/mol. The van der Waals surface area contributed by atoms with Crippen molar-refractivity contribution in [3.05, 3.63) is 0 Å². The van der Waals surface area contributed by atoms with Gasteiger partial charge in [0.2, 0.25) is 5.91 Å². The second-order valence-corrected chi connectivity index (χ2v) is 5.25. The Morgan fingerprint density at radius 3 is 2.85 bits per heavy atom. The summed E-state index contributed by atoms with van der Waals surface area (Å²) in [6.45, 7) is 4.89. The van der Waals surface area contributed by atoms with Crippen LogP contribution in [0.15, 0.2) is 0 Å². The third-order valence-electron chi connectivity index (χ3n) is 3.64. The molecule has 3 N–H and O–H groups in total. The summed E-state index contributed by atoms with van der Waals surface area (Å²) in [5.74, 6) is -0.389. The third-order valence-corrected chi connectivity index (χ3v) is 3.64. The average Bonchev–Trinajstić information content (AvgIpc) is 2.43. The maximum absolute atomic E-state index is 11.7. The fraction of sp³-hybridized carbons (Fsp3) is 0.857. The molecule has 0 aromatic rings. The normalized spacial score (nSPS) is 20.4. The van der Waals surface area contributed by atoms with E-state index in [4.69, 9.17) is 9.84 Å². The van der Waals surface area contributed by atoms with Crippen LogP contribution in [0, 0.1) is 5.92 Å². The van der Waals surface area contributed by atoms with Gasteiger partial charge in [0.05, 0.1) is 19.1 Å². The summed E-state index contributed by atoms with van der Waals surface area (Å²) in [7, 11) is 0. The zero-order valence-corrected chi connectivity index (χ0v) is 12.2. The average molecular weight is 286 g/mol. The molecule has 0 saturated carbocycles. The Labute approximate surface area is 120 Å². The Morgan fingerprint density at radius 1 is 1.45 bits per heavy atom. The maximum Gasteiger partial charge on any atom is 0.303 e. The number of hydrogen-bond acceptors (Lipinski definition) is 4. The minimum Gasteiger partial charge on any atom is -0.481 e. The molecule has 0 radical (unpaired) electrons. The molecule has 1 aliphatic heterocycles. The van der Waals surface area contributed by atoms with Crippen LogP contribution in [-0.4, -0.2) is 49.3 Å². The predicted octanol–water partition coefficient (Wildman–Crippen LogP) is 0.762. The van der Waals surface area contributed by atoms with Crippen LogP contribution in [0.3, 0.4) is 0 Å². The predicted molar refractivity (Wildman–Crippen MR) is 75.5 cm³/mol. The Bertz CT molecular complexity index is 304. The zero-order chi connectivity index (χ0) is 14.8. The summed E-state index contributed by atoms with van der Waals surface area (Å²) in [6, 6.07) is 0. The molecule has 1 rings (SSSR count). The van der Waals surface area contributed by atoms with Crippen LogP contribution in [0.1, 0.15) is 39.0 Å². The van der Waals surface area contributed by atoms with Gasteiger partial charge in [0.25, 0.3) is 0 Å². The smallest absolute Gasteiger partial charge is 0.303 e. The van der Waals surface area contributed by atoms with Gasteiger partial charge in [-0.3, -0.25) is 9.59 Å². The molecule has 1 fully saturated rings. The van der Waals surface area contributed by atoms with Gasteiger partial charge >= 0.3 is 5.97 Å². The fourth-order valence-corrected chi connectivity index (χ4v) is 2.33. The van der Waals surface area contributed by atoms with E-state index in [1.165, 1.54) is 0 Å². The summed E-state index contributed by atoms with van der Waals surface area (Å²) in [4.78, 5) is 22.3. The van der Waals surface area contributed by atoms with Crippen LogP contribution in [0.25, 0.3) is 0 Å². The standard InChI is InChI=1S/C14H26N2O4/c1-2-11(3-4-14(18)19)5-6-16-13(17)9-12-10-15-7-8-20-12/h11-12,15H,2-10H2,1H3,(H,16,17)(H,18,19). The van der Waals surface area contributed by atoms with Gasteiger partial charge in [0, 0.05) is 26.1 Å². The van der Waals surface area contributed by atoms with E-state index in [9.17, 15) is 9.59 Å². The number of carboxylic acids is 1. The molecule has 1 heterocycles. The summed E-state index contributed by atoms with van der Waals surface area (Å²) in [6.07, 6.45) is 3.01. The van der Waals surface area contributed by atoms with Gasteiger partial charge in [-0.1, -0.05) is 13.3 Å². The molecular formula is C14H26N2O4. The molecule has 0 bridgehead atoms. The minimum atomic E-state index is -0.755. The fourth-order valence-electron chi connectivity index (χ4n) is 2.33. The lowest BCUT2D eigenvalue weighted by Gasteiger charge is -2.23. The van der Waals surface area contributed by atoms with E-state index in [1.54, 1.807) is 0 Å². The SMILES string of the molecule is CCC(CCNC(=O)CC1CNCCO1)CCC(=O)O. The van der Waals surface area contributed by atoms with E-state index in [0.717, 1.165) is 25.9 Å². The number of morpholine rings is 1. The van der Waals surface area contributed by atoms with Crippen LogP contribution < -0.4 is 10.6 Å². The van der Waals surface area contributed by atoms with Crippen molar-refractivity contribution in [3.63, 3.8) is 0 Å². The molecule has 20 heavy (non-hydrogen) atoms. The molecule has 6 nitrogen and oxygen atoms in total. The topological polar surface area (TPSA) is 87.7 Å². The molecule has 0 aliphatic carbocycles. The van der Waals surface area contributed by atoms with Crippen LogP contribution in [0.5, 0.6) is 0 Å². The number of amides is 1.